The highest BCUT2D eigenvalue weighted by molar-refractivity contribution is 5.89. The fourth-order valence-electron chi connectivity index (χ4n) is 2.06. The fraction of sp³-hybridized carbons (Fsp3) is 0.400. The lowest BCUT2D eigenvalue weighted by Crippen LogP contribution is -2.26. The van der Waals surface area contributed by atoms with Crippen LogP contribution in [0, 0.1) is 11.8 Å². The minimum Gasteiger partial charge on any atom is -0.500 e. The molecule has 14 heavy (non-hydrogen) atoms. The van der Waals surface area contributed by atoms with Crippen molar-refractivity contribution in [1.82, 2.24) is 0 Å². The molecule has 0 aromatic rings. The molecule has 1 aliphatic heterocycles. The molecule has 1 N–H and O–H groups in total. The summed E-state index contributed by atoms with van der Waals surface area (Å²) in [7, 11) is 0. The van der Waals surface area contributed by atoms with Crippen molar-refractivity contribution in [2.75, 3.05) is 6.61 Å². The molecule has 74 valence electrons. The first-order valence-corrected chi connectivity index (χ1v) is 4.44. The van der Waals surface area contributed by atoms with Gasteiger partial charge in [0.25, 0.3) is 0 Å². The van der Waals surface area contributed by atoms with E-state index in [0.29, 0.717) is 24.2 Å². The molecule has 4 heteroatoms. The van der Waals surface area contributed by atoms with Crippen LogP contribution in [-0.2, 0) is 14.3 Å². The van der Waals surface area contributed by atoms with Gasteiger partial charge in [-0.3, -0.25) is 4.79 Å². The standard InChI is InChI=1S/C10H10O4/c11-3-6-4-14-5-9-7(6)1-2-8(9)10(12)13/h2-4,7,9H,1,5H2,(H,12,13). The molecule has 0 saturated heterocycles. The Morgan fingerprint density at radius 1 is 1.57 bits per heavy atom. The number of aldehydes is 1. The number of carbonyl (C=O) groups excluding carboxylic acids is 1. The lowest BCUT2D eigenvalue weighted by atomic mass is 9.85. The maximum absolute atomic E-state index is 10.8. The van der Waals surface area contributed by atoms with Crippen molar-refractivity contribution in [3.8, 4) is 0 Å². The van der Waals surface area contributed by atoms with Crippen molar-refractivity contribution in [3.63, 3.8) is 0 Å². The number of fused-ring (bicyclic) bond motifs is 1. The Bertz CT molecular complexity index is 340. The van der Waals surface area contributed by atoms with E-state index >= 15 is 0 Å². The van der Waals surface area contributed by atoms with E-state index in [1.54, 1.807) is 6.08 Å². The predicted octanol–water partition coefficient (Wildman–Crippen LogP) is 0.746. The Hall–Kier alpha value is -1.58. The summed E-state index contributed by atoms with van der Waals surface area (Å²) in [6, 6.07) is 0. The van der Waals surface area contributed by atoms with Crippen LogP contribution < -0.4 is 0 Å². The van der Waals surface area contributed by atoms with Gasteiger partial charge < -0.3 is 9.84 Å². The molecule has 2 rings (SSSR count). The largest absolute Gasteiger partial charge is 0.500 e. The van der Waals surface area contributed by atoms with Gasteiger partial charge >= 0.3 is 5.97 Å². The van der Waals surface area contributed by atoms with Crippen LogP contribution in [0.25, 0.3) is 0 Å². The second kappa shape index (κ2) is 3.29. The number of hydrogen-bond donors (Lipinski definition) is 1. The summed E-state index contributed by atoms with van der Waals surface area (Å²) >= 11 is 0. The molecule has 0 aromatic heterocycles. The molecule has 4 nitrogen and oxygen atoms in total. The number of ether oxygens (including phenoxy) is 1. The van der Waals surface area contributed by atoms with Crippen molar-refractivity contribution in [3.05, 3.63) is 23.5 Å². The number of rotatable bonds is 2. The number of carbonyl (C=O) groups is 2. The summed E-state index contributed by atoms with van der Waals surface area (Å²) in [5.74, 6) is -1.06. The zero-order valence-electron chi connectivity index (χ0n) is 7.47. The highest BCUT2D eigenvalue weighted by Gasteiger charge is 2.38. The SMILES string of the molecule is O=CC1=COCC2C(C(=O)O)=CCC12. The molecular formula is C10H10O4. The number of carboxylic acid groups (broad SMARTS) is 1. The minimum atomic E-state index is -0.909. The van der Waals surface area contributed by atoms with Crippen molar-refractivity contribution < 1.29 is 19.4 Å². The van der Waals surface area contributed by atoms with Gasteiger partial charge in [-0.05, 0) is 6.42 Å². The van der Waals surface area contributed by atoms with Gasteiger partial charge in [0, 0.05) is 23.0 Å². The highest BCUT2D eigenvalue weighted by atomic mass is 16.5. The third kappa shape index (κ3) is 1.23. The van der Waals surface area contributed by atoms with E-state index in [1.165, 1.54) is 6.26 Å². The average molecular weight is 194 g/mol. The maximum Gasteiger partial charge on any atom is 0.331 e. The van der Waals surface area contributed by atoms with Crippen LogP contribution in [0.5, 0.6) is 0 Å². The highest BCUT2D eigenvalue weighted by Crippen LogP contribution is 2.38. The Labute approximate surface area is 80.9 Å². The van der Waals surface area contributed by atoms with Gasteiger partial charge in [0.15, 0.2) is 0 Å². The monoisotopic (exact) mass is 194 g/mol. The van der Waals surface area contributed by atoms with Crippen LogP contribution in [0.3, 0.4) is 0 Å². The van der Waals surface area contributed by atoms with Gasteiger partial charge in [-0.2, -0.15) is 0 Å². The molecular weight excluding hydrogens is 184 g/mol. The summed E-state index contributed by atoms with van der Waals surface area (Å²) in [6.07, 6.45) is 4.49. The van der Waals surface area contributed by atoms with E-state index in [-0.39, 0.29) is 11.8 Å². The Kier molecular flexibility index (Phi) is 2.11. The van der Waals surface area contributed by atoms with Crippen LogP contribution in [0.1, 0.15) is 6.42 Å². The molecule has 0 bridgehead atoms. The van der Waals surface area contributed by atoms with E-state index in [2.05, 4.69) is 0 Å². The maximum atomic E-state index is 10.8. The molecule has 0 saturated carbocycles. The lowest BCUT2D eigenvalue weighted by molar-refractivity contribution is -0.133. The van der Waals surface area contributed by atoms with Crippen LogP contribution in [0.15, 0.2) is 23.5 Å². The molecule has 0 aromatic carbocycles. The van der Waals surface area contributed by atoms with E-state index in [9.17, 15) is 9.59 Å². The Balaban J connectivity index is 2.25. The van der Waals surface area contributed by atoms with Crippen molar-refractivity contribution in [2.45, 2.75) is 6.42 Å². The minimum absolute atomic E-state index is 0.00681. The first kappa shape index (κ1) is 8.99. The van der Waals surface area contributed by atoms with Crippen molar-refractivity contribution in [1.29, 1.82) is 0 Å². The van der Waals surface area contributed by atoms with Crippen molar-refractivity contribution >= 4 is 12.3 Å². The molecule has 0 spiro atoms. The predicted molar refractivity (Wildman–Crippen MR) is 47.4 cm³/mol. The molecule has 0 amide bonds. The lowest BCUT2D eigenvalue weighted by Gasteiger charge is -2.25. The summed E-state index contributed by atoms with van der Waals surface area (Å²) in [6.45, 7) is 0.361. The number of allylic oxidation sites excluding steroid dienone is 2. The number of carboxylic acids is 1. The molecule has 1 heterocycles. The second-order valence-electron chi connectivity index (χ2n) is 3.48. The summed E-state index contributed by atoms with van der Waals surface area (Å²) in [4.78, 5) is 21.5. The quantitative estimate of drug-likeness (QED) is 0.659. The van der Waals surface area contributed by atoms with E-state index in [1.807, 2.05) is 0 Å². The molecule has 2 unspecified atom stereocenters. The average Bonchev–Trinajstić information content (AvgIpc) is 2.60. The zero-order chi connectivity index (χ0) is 10.1. The number of aliphatic carboxylic acids is 1. The molecule has 0 radical (unpaired) electrons. The van der Waals surface area contributed by atoms with E-state index in [0.717, 1.165) is 6.29 Å². The normalized spacial score (nSPS) is 29.7. The molecule has 1 aliphatic carbocycles. The third-order valence-electron chi connectivity index (χ3n) is 2.78. The van der Waals surface area contributed by atoms with Gasteiger partial charge in [0.2, 0.25) is 0 Å². The second-order valence-corrected chi connectivity index (χ2v) is 3.48. The third-order valence-corrected chi connectivity index (χ3v) is 2.78. The first-order valence-electron chi connectivity index (χ1n) is 4.44. The summed E-state index contributed by atoms with van der Waals surface area (Å²) in [5.41, 5.74) is 0.941. The van der Waals surface area contributed by atoms with Gasteiger partial charge in [-0.25, -0.2) is 4.79 Å². The summed E-state index contributed by atoms with van der Waals surface area (Å²) in [5, 5.41) is 8.88. The van der Waals surface area contributed by atoms with Crippen LogP contribution in [-0.4, -0.2) is 24.0 Å². The van der Waals surface area contributed by atoms with Crippen molar-refractivity contribution in [2.24, 2.45) is 11.8 Å². The van der Waals surface area contributed by atoms with Crippen LogP contribution in [0.2, 0.25) is 0 Å². The van der Waals surface area contributed by atoms with Gasteiger partial charge in [-0.1, -0.05) is 6.08 Å². The molecule has 2 aliphatic rings. The van der Waals surface area contributed by atoms with Crippen LogP contribution in [0.4, 0.5) is 0 Å². The van der Waals surface area contributed by atoms with Gasteiger partial charge in [-0.15, -0.1) is 0 Å². The van der Waals surface area contributed by atoms with Gasteiger partial charge in [0.05, 0.1) is 12.9 Å². The number of hydrogen-bond acceptors (Lipinski definition) is 3. The zero-order valence-corrected chi connectivity index (χ0v) is 7.47. The van der Waals surface area contributed by atoms with Gasteiger partial charge in [0.1, 0.15) is 6.29 Å². The van der Waals surface area contributed by atoms with Crippen LogP contribution >= 0.6 is 0 Å². The smallest absolute Gasteiger partial charge is 0.331 e. The topological polar surface area (TPSA) is 63.6 Å². The molecule has 0 fully saturated rings. The Morgan fingerprint density at radius 2 is 2.36 bits per heavy atom. The Morgan fingerprint density at radius 3 is 3.00 bits per heavy atom. The van der Waals surface area contributed by atoms with E-state index in [4.69, 9.17) is 9.84 Å². The summed E-state index contributed by atoms with van der Waals surface area (Å²) < 4.78 is 5.07. The van der Waals surface area contributed by atoms with E-state index < -0.39 is 5.97 Å². The first-order chi connectivity index (χ1) is 6.74. The molecule has 2 atom stereocenters. The fourth-order valence-corrected chi connectivity index (χ4v) is 2.06.